The molecule has 94 valence electrons. The third-order valence-corrected chi connectivity index (χ3v) is 2.93. The first-order valence-corrected chi connectivity index (χ1v) is 6.03. The average molecular weight is 250 g/mol. The van der Waals surface area contributed by atoms with Gasteiger partial charge in [-0.05, 0) is 36.2 Å². The maximum atomic E-state index is 12.0. The largest absolute Gasteiger partial charge is 0.348 e. The molecule has 0 fully saturated rings. The summed E-state index contributed by atoms with van der Waals surface area (Å²) in [7, 11) is 0. The molecule has 3 heteroatoms. The molecule has 0 aliphatic rings. The van der Waals surface area contributed by atoms with Crippen LogP contribution in [0, 0.1) is 18.3 Å². The zero-order valence-corrected chi connectivity index (χ0v) is 10.7. The number of nitrogens with zero attached hydrogens (tertiary/aromatic N) is 1. The summed E-state index contributed by atoms with van der Waals surface area (Å²) in [4.78, 5) is 12.0. The number of nitriles is 1. The van der Waals surface area contributed by atoms with Crippen molar-refractivity contribution in [1.82, 2.24) is 5.32 Å². The van der Waals surface area contributed by atoms with Crippen molar-refractivity contribution in [2.75, 3.05) is 0 Å². The Kier molecular flexibility index (Phi) is 3.94. The molecule has 0 spiro atoms. The van der Waals surface area contributed by atoms with Gasteiger partial charge in [0.1, 0.15) is 0 Å². The third-order valence-electron chi connectivity index (χ3n) is 2.93. The lowest BCUT2D eigenvalue weighted by Crippen LogP contribution is -2.23. The van der Waals surface area contributed by atoms with Gasteiger partial charge in [0, 0.05) is 12.1 Å². The Morgan fingerprint density at radius 3 is 2.47 bits per heavy atom. The number of rotatable bonds is 3. The van der Waals surface area contributed by atoms with Gasteiger partial charge in [-0.15, -0.1) is 0 Å². The molecule has 2 aromatic carbocycles. The lowest BCUT2D eigenvalue weighted by atomic mass is 10.1. The van der Waals surface area contributed by atoms with Gasteiger partial charge >= 0.3 is 0 Å². The number of amides is 1. The monoisotopic (exact) mass is 250 g/mol. The van der Waals surface area contributed by atoms with Crippen LogP contribution < -0.4 is 5.32 Å². The first kappa shape index (κ1) is 12.8. The molecule has 0 radical (unpaired) electrons. The second-order valence-electron chi connectivity index (χ2n) is 4.31. The van der Waals surface area contributed by atoms with Crippen LogP contribution in [0.2, 0.25) is 0 Å². The highest BCUT2D eigenvalue weighted by Gasteiger charge is 2.07. The zero-order chi connectivity index (χ0) is 13.7. The van der Waals surface area contributed by atoms with E-state index in [2.05, 4.69) is 11.4 Å². The molecule has 2 rings (SSSR count). The second-order valence-corrected chi connectivity index (χ2v) is 4.31. The van der Waals surface area contributed by atoms with Crippen LogP contribution in [0.15, 0.2) is 48.5 Å². The minimum atomic E-state index is -0.0811. The van der Waals surface area contributed by atoms with Gasteiger partial charge in [-0.1, -0.05) is 30.3 Å². The van der Waals surface area contributed by atoms with Crippen molar-refractivity contribution < 1.29 is 4.79 Å². The van der Waals surface area contributed by atoms with E-state index < -0.39 is 0 Å². The predicted molar refractivity (Wildman–Crippen MR) is 73.5 cm³/mol. The third kappa shape index (κ3) is 3.20. The normalized spacial score (nSPS) is 9.68. The maximum absolute atomic E-state index is 12.0. The van der Waals surface area contributed by atoms with E-state index in [4.69, 9.17) is 5.26 Å². The Labute approximate surface area is 112 Å². The smallest absolute Gasteiger partial charge is 0.251 e. The van der Waals surface area contributed by atoms with Crippen molar-refractivity contribution in [1.29, 1.82) is 5.26 Å². The molecule has 3 nitrogen and oxygen atoms in total. The summed E-state index contributed by atoms with van der Waals surface area (Å²) in [6.45, 7) is 2.37. The number of carbonyl (C=O) groups is 1. The molecule has 0 unspecified atom stereocenters. The Hall–Kier alpha value is -2.60. The molecular weight excluding hydrogens is 236 g/mol. The summed E-state index contributed by atoms with van der Waals surface area (Å²) in [6, 6.07) is 16.7. The lowest BCUT2D eigenvalue weighted by molar-refractivity contribution is 0.0950. The molecule has 2 aromatic rings. The molecule has 0 atom stereocenters. The Balaban J connectivity index is 2.01. The molecule has 0 saturated carbocycles. The Morgan fingerprint density at radius 1 is 1.16 bits per heavy atom. The molecule has 0 saturated heterocycles. The fourth-order valence-corrected chi connectivity index (χ4v) is 1.80. The van der Waals surface area contributed by atoms with Crippen LogP contribution in [-0.2, 0) is 6.54 Å². The van der Waals surface area contributed by atoms with Crippen LogP contribution in [0.1, 0.15) is 27.0 Å². The van der Waals surface area contributed by atoms with Crippen molar-refractivity contribution in [2.24, 2.45) is 0 Å². The SMILES string of the molecule is Cc1ccccc1C(=O)NCc1ccc(C#N)cc1. The van der Waals surface area contributed by atoms with Gasteiger partial charge in [-0.3, -0.25) is 4.79 Å². The van der Waals surface area contributed by atoms with E-state index in [1.54, 1.807) is 12.1 Å². The standard InChI is InChI=1S/C16H14N2O/c1-12-4-2-3-5-15(12)16(19)18-11-14-8-6-13(10-17)7-9-14/h2-9H,11H2,1H3,(H,18,19). The lowest BCUT2D eigenvalue weighted by Gasteiger charge is -2.07. The summed E-state index contributed by atoms with van der Waals surface area (Å²) in [5, 5.41) is 11.6. The number of carbonyl (C=O) groups excluding carboxylic acids is 1. The van der Waals surface area contributed by atoms with Gasteiger partial charge in [-0.25, -0.2) is 0 Å². The van der Waals surface area contributed by atoms with Gasteiger partial charge in [0.2, 0.25) is 0 Å². The highest BCUT2D eigenvalue weighted by atomic mass is 16.1. The molecular formula is C16H14N2O. The van der Waals surface area contributed by atoms with E-state index >= 15 is 0 Å². The van der Waals surface area contributed by atoms with E-state index in [-0.39, 0.29) is 5.91 Å². The molecule has 0 bridgehead atoms. The van der Waals surface area contributed by atoms with Crippen molar-refractivity contribution in [3.63, 3.8) is 0 Å². The maximum Gasteiger partial charge on any atom is 0.251 e. The van der Waals surface area contributed by atoms with Gasteiger partial charge in [0.15, 0.2) is 0 Å². The summed E-state index contributed by atoms with van der Waals surface area (Å²) >= 11 is 0. The van der Waals surface area contributed by atoms with Crippen molar-refractivity contribution in [2.45, 2.75) is 13.5 Å². The Morgan fingerprint density at radius 2 is 1.84 bits per heavy atom. The van der Waals surface area contributed by atoms with Crippen LogP contribution in [0.3, 0.4) is 0 Å². The summed E-state index contributed by atoms with van der Waals surface area (Å²) in [5.41, 5.74) is 3.24. The summed E-state index contributed by atoms with van der Waals surface area (Å²) in [5.74, 6) is -0.0811. The van der Waals surface area contributed by atoms with Gasteiger partial charge in [-0.2, -0.15) is 5.26 Å². The summed E-state index contributed by atoms with van der Waals surface area (Å²) in [6.07, 6.45) is 0. The summed E-state index contributed by atoms with van der Waals surface area (Å²) < 4.78 is 0. The molecule has 1 N–H and O–H groups in total. The Bertz CT molecular complexity index is 624. The van der Waals surface area contributed by atoms with Crippen LogP contribution in [0.4, 0.5) is 0 Å². The van der Waals surface area contributed by atoms with E-state index in [9.17, 15) is 4.79 Å². The first-order valence-electron chi connectivity index (χ1n) is 6.03. The quantitative estimate of drug-likeness (QED) is 0.910. The number of benzene rings is 2. The molecule has 0 heterocycles. The topological polar surface area (TPSA) is 52.9 Å². The molecule has 0 aliphatic heterocycles. The van der Waals surface area contributed by atoms with Crippen LogP contribution in [0.5, 0.6) is 0 Å². The molecule has 19 heavy (non-hydrogen) atoms. The van der Waals surface area contributed by atoms with Crippen LogP contribution in [-0.4, -0.2) is 5.91 Å². The first-order chi connectivity index (χ1) is 9.20. The minimum absolute atomic E-state index is 0.0811. The highest BCUT2D eigenvalue weighted by Crippen LogP contribution is 2.08. The minimum Gasteiger partial charge on any atom is -0.348 e. The van der Waals surface area contributed by atoms with Crippen molar-refractivity contribution in [3.8, 4) is 6.07 Å². The van der Waals surface area contributed by atoms with E-state index in [1.165, 1.54) is 0 Å². The second kappa shape index (κ2) is 5.83. The zero-order valence-electron chi connectivity index (χ0n) is 10.7. The van der Waals surface area contributed by atoms with Gasteiger partial charge < -0.3 is 5.32 Å². The van der Waals surface area contributed by atoms with Crippen molar-refractivity contribution >= 4 is 5.91 Å². The molecule has 1 amide bonds. The highest BCUT2D eigenvalue weighted by molar-refractivity contribution is 5.95. The van der Waals surface area contributed by atoms with E-state index in [0.29, 0.717) is 17.7 Å². The fourth-order valence-electron chi connectivity index (χ4n) is 1.80. The van der Waals surface area contributed by atoms with E-state index in [1.807, 2.05) is 43.3 Å². The number of nitrogens with one attached hydrogen (secondary N) is 1. The number of hydrogen-bond donors (Lipinski definition) is 1. The molecule has 0 aliphatic carbocycles. The van der Waals surface area contributed by atoms with Gasteiger partial charge in [0.05, 0.1) is 11.6 Å². The van der Waals surface area contributed by atoms with Gasteiger partial charge in [0.25, 0.3) is 5.91 Å². The van der Waals surface area contributed by atoms with Crippen LogP contribution in [0.25, 0.3) is 0 Å². The number of aryl methyl sites for hydroxylation is 1. The van der Waals surface area contributed by atoms with Crippen molar-refractivity contribution in [3.05, 3.63) is 70.8 Å². The van der Waals surface area contributed by atoms with Crippen LogP contribution >= 0.6 is 0 Å². The van der Waals surface area contributed by atoms with E-state index in [0.717, 1.165) is 11.1 Å². The fraction of sp³-hybridized carbons (Fsp3) is 0.125. The number of hydrogen-bond acceptors (Lipinski definition) is 2. The molecule has 0 aromatic heterocycles. The predicted octanol–water partition coefficient (Wildman–Crippen LogP) is 2.80. The average Bonchev–Trinajstić information content (AvgIpc) is 2.46.